The lowest BCUT2D eigenvalue weighted by Crippen LogP contribution is -2.65. The molecule has 2 aliphatic rings. The van der Waals surface area contributed by atoms with E-state index in [4.69, 9.17) is 28.4 Å². The van der Waals surface area contributed by atoms with E-state index in [1.807, 2.05) is 48.5 Å². The molecule has 1 saturated heterocycles. The summed E-state index contributed by atoms with van der Waals surface area (Å²) in [6.07, 6.45) is -8.45. The number of hydrogen-bond acceptors (Lipinski definition) is 12. The second-order valence-electron chi connectivity index (χ2n) is 10.8. The monoisotopic (exact) mass is 641 g/mol. The number of amides is 1. The molecule has 14 heteroatoms. The first-order valence-corrected chi connectivity index (χ1v) is 14.5. The molecule has 0 aromatic heterocycles. The lowest BCUT2D eigenvalue weighted by atomic mass is 9.87. The quantitative estimate of drug-likeness (QED) is 0.269. The molecule has 1 aliphatic carbocycles. The van der Waals surface area contributed by atoms with Gasteiger partial charge in [0, 0.05) is 40.2 Å². The highest BCUT2D eigenvalue weighted by Gasteiger charge is 2.55. The predicted octanol–water partition coefficient (Wildman–Crippen LogP) is 2.35. The molecule has 6 atom stereocenters. The number of ether oxygens (including phenoxy) is 6. The SMILES string of the molecule is CC(=O)OC[C@H]1O[C@@H]([C@H](CNC(=O)OCC2c3ccccc3-c3ccccc32)C(=O)O)[C@H](OC(C)=O)[C@@H](OC(C)=O)[C@@H]1OC(C)=O. The number of carbonyl (C=O) groups excluding carboxylic acids is 5. The van der Waals surface area contributed by atoms with Crippen LogP contribution in [0.2, 0.25) is 0 Å². The van der Waals surface area contributed by atoms with Crippen molar-refractivity contribution in [2.45, 2.75) is 64.1 Å². The third-order valence-electron chi connectivity index (χ3n) is 7.55. The molecular weight excluding hydrogens is 606 g/mol. The molecular formula is C32H35NO13. The van der Waals surface area contributed by atoms with Crippen LogP contribution >= 0.6 is 0 Å². The smallest absolute Gasteiger partial charge is 0.407 e. The lowest BCUT2D eigenvalue weighted by Gasteiger charge is -2.45. The van der Waals surface area contributed by atoms with Gasteiger partial charge in [0.25, 0.3) is 0 Å². The Bertz CT molecular complexity index is 1440. The maximum absolute atomic E-state index is 12.9. The normalized spacial score (nSPS) is 22.3. The van der Waals surface area contributed by atoms with Crippen molar-refractivity contribution in [3.05, 3.63) is 59.7 Å². The Hall–Kier alpha value is -4.98. The minimum Gasteiger partial charge on any atom is -0.481 e. The summed E-state index contributed by atoms with van der Waals surface area (Å²) in [6.45, 7) is 3.15. The van der Waals surface area contributed by atoms with Crippen LogP contribution in [0.5, 0.6) is 0 Å². The number of aliphatic carboxylic acids is 1. The number of alkyl carbamates (subject to hydrolysis) is 1. The van der Waals surface area contributed by atoms with Crippen LogP contribution in [0.4, 0.5) is 4.79 Å². The molecule has 1 fully saturated rings. The van der Waals surface area contributed by atoms with E-state index in [9.17, 15) is 33.9 Å². The van der Waals surface area contributed by atoms with E-state index in [-0.39, 0.29) is 12.5 Å². The average Bonchev–Trinajstić information content (AvgIpc) is 3.30. The fourth-order valence-corrected chi connectivity index (χ4v) is 5.77. The standard InChI is InChI=1S/C32H35NO13/c1-16(34)41-15-26-28(43-17(2)35)30(45-19(4)37)29(44-18(3)36)27(46-26)24(31(38)39)13-33-32(40)42-14-25-22-11-7-5-9-20(22)21-10-6-8-12-23(21)25/h5-12,24-30H,13-15H2,1-4H3,(H,33,40)(H,38,39)/t24-,26+,27-,28+,29-,30-/m0/s1. The molecule has 0 saturated carbocycles. The molecule has 1 amide bonds. The highest BCUT2D eigenvalue weighted by molar-refractivity contribution is 5.79. The number of carbonyl (C=O) groups is 6. The maximum Gasteiger partial charge on any atom is 0.407 e. The lowest BCUT2D eigenvalue weighted by molar-refractivity contribution is -0.260. The van der Waals surface area contributed by atoms with Gasteiger partial charge in [0.2, 0.25) is 0 Å². The number of benzene rings is 2. The van der Waals surface area contributed by atoms with Gasteiger partial charge >= 0.3 is 35.9 Å². The molecule has 2 aromatic carbocycles. The Morgan fingerprint density at radius 2 is 1.24 bits per heavy atom. The van der Waals surface area contributed by atoms with E-state index in [2.05, 4.69) is 5.32 Å². The Labute approximate surface area is 264 Å². The topological polar surface area (TPSA) is 190 Å². The fraction of sp³-hybridized carbons (Fsp3) is 0.438. The zero-order chi connectivity index (χ0) is 33.5. The highest BCUT2D eigenvalue weighted by atomic mass is 16.7. The number of hydrogen-bond donors (Lipinski definition) is 2. The van der Waals surface area contributed by atoms with E-state index < -0.39 is 85.5 Å². The van der Waals surface area contributed by atoms with Crippen molar-refractivity contribution in [2.24, 2.45) is 5.92 Å². The summed E-state index contributed by atoms with van der Waals surface area (Å²) in [5, 5.41) is 12.6. The number of nitrogens with one attached hydrogen (secondary N) is 1. The molecule has 0 bridgehead atoms. The molecule has 0 radical (unpaired) electrons. The van der Waals surface area contributed by atoms with Crippen molar-refractivity contribution in [1.82, 2.24) is 5.32 Å². The largest absolute Gasteiger partial charge is 0.481 e. The highest BCUT2D eigenvalue weighted by Crippen LogP contribution is 2.44. The first-order chi connectivity index (χ1) is 21.9. The van der Waals surface area contributed by atoms with Crippen LogP contribution in [0.3, 0.4) is 0 Å². The third kappa shape index (κ3) is 7.99. The maximum atomic E-state index is 12.9. The van der Waals surface area contributed by atoms with E-state index in [1.54, 1.807) is 0 Å². The van der Waals surface area contributed by atoms with Crippen LogP contribution in [0, 0.1) is 5.92 Å². The molecule has 1 heterocycles. The number of rotatable bonds is 11. The summed E-state index contributed by atoms with van der Waals surface area (Å²) >= 11 is 0. The molecule has 1 aliphatic heterocycles. The van der Waals surface area contributed by atoms with Crippen LogP contribution in [-0.2, 0) is 52.4 Å². The van der Waals surface area contributed by atoms with Crippen LogP contribution in [-0.4, -0.2) is 91.3 Å². The number of fused-ring (bicyclic) bond motifs is 3. The van der Waals surface area contributed by atoms with Crippen molar-refractivity contribution in [3.8, 4) is 11.1 Å². The fourth-order valence-electron chi connectivity index (χ4n) is 5.77. The Morgan fingerprint density at radius 1 is 0.717 bits per heavy atom. The minimum atomic E-state index is -1.61. The minimum absolute atomic E-state index is 0.0311. The predicted molar refractivity (Wildman–Crippen MR) is 156 cm³/mol. The van der Waals surface area contributed by atoms with Crippen molar-refractivity contribution >= 4 is 35.9 Å². The van der Waals surface area contributed by atoms with Crippen LogP contribution in [0.25, 0.3) is 11.1 Å². The summed E-state index contributed by atoms with van der Waals surface area (Å²) in [6, 6.07) is 15.5. The Morgan fingerprint density at radius 3 is 1.76 bits per heavy atom. The number of esters is 4. The zero-order valence-electron chi connectivity index (χ0n) is 25.6. The van der Waals surface area contributed by atoms with Crippen LogP contribution in [0.15, 0.2) is 48.5 Å². The van der Waals surface area contributed by atoms with Gasteiger partial charge in [-0.05, 0) is 22.3 Å². The van der Waals surface area contributed by atoms with Gasteiger partial charge in [0.05, 0.1) is 0 Å². The molecule has 46 heavy (non-hydrogen) atoms. The van der Waals surface area contributed by atoms with Gasteiger partial charge in [-0.1, -0.05) is 48.5 Å². The first-order valence-electron chi connectivity index (χ1n) is 14.5. The van der Waals surface area contributed by atoms with Crippen LogP contribution < -0.4 is 5.32 Å². The van der Waals surface area contributed by atoms with Gasteiger partial charge < -0.3 is 38.8 Å². The van der Waals surface area contributed by atoms with Gasteiger partial charge in [0.15, 0.2) is 18.3 Å². The van der Waals surface area contributed by atoms with E-state index >= 15 is 0 Å². The first kappa shape index (κ1) is 33.9. The van der Waals surface area contributed by atoms with Crippen molar-refractivity contribution in [3.63, 3.8) is 0 Å². The van der Waals surface area contributed by atoms with Gasteiger partial charge in [-0.2, -0.15) is 0 Å². The Kier molecular flexibility index (Phi) is 11.0. The molecule has 4 rings (SSSR count). The number of carboxylic acids is 1. The molecule has 0 unspecified atom stereocenters. The second kappa shape index (κ2) is 14.9. The van der Waals surface area contributed by atoms with Crippen molar-refractivity contribution < 1.29 is 62.3 Å². The second-order valence-corrected chi connectivity index (χ2v) is 10.8. The van der Waals surface area contributed by atoms with Gasteiger partial charge in [-0.25, -0.2) is 4.79 Å². The molecule has 14 nitrogen and oxygen atoms in total. The zero-order valence-corrected chi connectivity index (χ0v) is 25.6. The summed E-state index contributed by atoms with van der Waals surface area (Å²) < 4.78 is 32.6. The molecule has 2 N–H and O–H groups in total. The third-order valence-corrected chi connectivity index (χ3v) is 7.55. The number of carboxylic acid groups (broad SMARTS) is 1. The molecule has 2 aromatic rings. The Balaban J connectivity index is 1.54. The summed E-state index contributed by atoms with van der Waals surface area (Å²) in [5.74, 6) is -6.63. The summed E-state index contributed by atoms with van der Waals surface area (Å²) in [7, 11) is 0. The summed E-state index contributed by atoms with van der Waals surface area (Å²) in [4.78, 5) is 73.2. The van der Waals surface area contributed by atoms with E-state index in [0.29, 0.717) is 0 Å². The van der Waals surface area contributed by atoms with Crippen molar-refractivity contribution in [2.75, 3.05) is 19.8 Å². The van der Waals surface area contributed by atoms with Crippen molar-refractivity contribution in [1.29, 1.82) is 0 Å². The van der Waals surface area contributed by atoms with Gasteiger partial charge in [-0.3, -0.25) is 24.0 Å². The average molecular weight is 642 g/mol. The van der Waals surface area contributed by atoms with Gasteiger partial charge in [-0.15, -0.1) is 0 Å². The van der Waals surface area contributed by atoms with Crippen LogP contribution in [0.1, 0.15) is 44.7 Å². The van der Waals surface area contributed by atoms with Gasteiger partial charge in [0.1, 0.15) is 31.3 Å². The summed E-state index contributed by atoms with van der Waals surface area (Å²) in [5.41, 5.74) is 4.03. The van der Waals surface area contributed by atoms with E-state index in [0.717, 1.165) is 49.9 Å². The molecule has 0 spiro atoms. The molecule has 246 valence electrons. The van der Waals surface area contributed by atoms with E-state index in [1.165, 1.54) is 0 Å².